The van der Waals surface area contributed by atoms with Gasteiger partial charge in [-0.15, -0.1) is 0 Å². The molecular formula is C21H26FN3O2. The molecule has 1 heterocycles. The van der Waals surface area contributed by atoms with Crippen LogP contribution in [0.2, 0.25) is 0 Å². The number of phenolic OH excluding ortho intramolecular Hbond substituents is 1. The van der Waals surface area contributed by atoms with Crippen molar-refractivity contribution < 1.29 is 14.3 Å². The molecule has 1 atom stereocenters. The number of aromatic hydroxyl groups is 1. The zero-order valence-electron chi connectivity index (χ0n) is 15.6. The number of hydrogen-bond donors (Lipinski definition) is 2. The maximum Gasteiger partial charge on any atom is 0.317 e. The summed E-state index contributed by atoms with van der Waals surface area (Å²) in [7, 11) is 0. The van der Waals surface area contributed by atoms with E-state index in [1.807, 2.05) is 30.0 Å². The standard InChI is InChI=1S/C21H26FN3O2/c1-16(6-7-17-8-10-18(26)11-9-17)23-21(27)25-14-12-24(13-15-25)20-5-3-2-4-19(20)22/h2-5,8-11,16,26H,6-7,12-15H2,1H3,(H,23,27). The Balaban J connectivity index is 1.43. The Morgan fingerprint density at radius 1 is 1.11 bits per heavy atom. The molecule has 1 aliphatic rings. The second-order valence-corrected chi connectivity index (χ2v) is 6.98. The van der Waals surface area contributed by atoms with Crippen LogP contribution in [0.3, 0.4) is 0 Å². The lowest BCUT2D eigenvalue weighted by atomic mass is 10.1. The average Bonchev–Trinajstić information content (AvgIpc) is 2.68. The first kappa shape index (κ1) is 19.0. The molecule has 6 heteroatoms. The minimum absolute atomic E-state index is 0.0518. The number of hydrogen-bond acceptors (Lipinski definition) is 3. The van der Waals surface area contributed by atoms with Gasteiger partial charge in [-0.05, 0) is 49.6 Å². The SMILES string of the molecule is CC(CCc1ccc(O)cc1)NC(=O)N1CCN(c2ccccc2F)CC1. The van der Waals surface area contributed by atoms with Crippen LogP contribution < -0.4 is 10.2 Å². The highest BCUT2D eigenvalue weighted by Gasteiger charge is 2.23. The molecule has 0 saturated carbocycles. The summed E-state index contributed by atoms with van der Waals surface area (Å²) < 4.78 is 13.9. The fraction of sp³-hybridized carbons (Fsp3) is 0.381. The van der Waals surface area contributed by atoms with Crippen molar-refractivity contribution in [3.8, 4) is 5.75 Å². The van der Waals surface area contributed by atoms with Crippen LogP contribution in [0.25, 0.3) is 0 Å². The number of piperazine rings is 1. The number of nitrogens with zero attached hydrogens (tertiary/aromatic N) is 2. The van der Waals surface area contributed by atoms with Gasteiger partial charge in [0.05, 0.1) is 5.69 Å². The Bertz CT molecular complexity index is 758. The number of halogens is 1. The highest BCUT2D eigenvalue weighted by molar-refractivity contribution is 5.74. The number of amides is 2. The fourth-order valence-corrected chi connectivity index (χ4v) is 3.28. The van der Waals surface area contributed by atoms with Gasteiger partial charge in [-0.1, -0.05) is 24.3 Å². The Labute approximate surface area is 159 Å². The van der Waals surface area contributed by atoms with Crippen molar-refractivity contribution in [2.45, 2.75) is 25.8 Å². The maximum absolute atomic E-state index is 13.9. The van der Waals surface area contributed by atoms with Gasteiger partial charge >= 0.3 is 6.03 Å². The normalized spacial score (nSPS) is 15.5. The van der Waals surface area contributed by atoms with Gasteiger partial charge in [-0.2, -0.15) is 0 Å². The van der Waals surface area contributed by atoms with Crippen molar-refractivity contribution >= 4 is 11.7 Å². The first-order chi connectivity index (χ1) is 13.0. The second kappa shape index (κ2) is 8.75. The number of rotatable bonds is 5. The first-order valence-corrected chi connectivity index (χ1v) is 9.36. The van der Waals surface area contributed by atoms with Crippen LogP contribution in [0, 0.1) is 5.82 Å². The molecule has 2 N–H and O–H groups in total. The Hall–Kier alpha value is -2.76. The Kier molecular flexibility index (Phi) is 6.16. The lowest BCUT2D eigenvalue weighted by Gasteiger charge is -2.36. The second-order valence-electron chi connectivity index (χ2n) is 6.98. The van der Waals surface area contributed by atoms with E-state index >= 15 is 0 Å². The van der Waals surface area contributed by atoms with E-state index in [1.165, 1.54) is 6.07 Å². The summed E-state index contributed by atoms with van der Waals surface area (Å²) in [5.74, 6) is 0.0351. The summed E-state index contributed by atoms with van der Waals surface area (Å²) in [5, 5.41) is 12.4. The van der Waals surface area contributed by atoms with Gasteiger partial charge in [-0.3, -0.25) is 0 Å². The quantitative estimate of drug-likeness (QED) is 0.847. The molecule has 1 aliphatic heterocycles. The highest BCUT2D eigenvalue weighted by Crippen LogP contribution is 2.20. The van der Waals surface area contributed by atoms with Crippen LogP contribution in [0.5, 0.6) is 5.75 Å². The van der Waals surface area contributed by atoms with E-state index < -0.39 is 0 Å². The van der Waals surface area contributed by atoms with Crippen molar-refractivity contribution in [1.82, 2.24) is 10.2 Å². The molecule has 144 valence electrons. The zero-order chi connectivity index (χ0) is 19.2. The molecular weight excluding hydrogens is 345 g/mol. The van der Waals surface area contributed by atoms with Gasteiger partial charge in [0, 0.05) is 32.2 Å². The van der Waals surface area contributed by atoms with Crippen LogP contribution in [-0.4, -0.2) is 48.3 Å². The van der Waals surface area contributed by atoms with Crippen LogP contribution in [-0.2, 0) is 6.42 Å². The number of carbonyl (C=O) groups excluding carboxylic acids is 1. The van der Waals surface area contributed by atoms with Crippen molar-refractivity contribution in [3.63, 3.8) is 0 Å². The summed E-state index contributed by atoms with van der Waals surface area (Å²) >= 11 is 0. The maximum atomic E-state index is 13.9. The van der Waals surface area contributed by atoms with E-state index in [0.29, 0.717) is 31.9 Å². The van der Waals surface area contributed by atoms with Crippen molar-refractivity contribution in [1.29, 1.82) is 0 Å². The topological polar surface area (TPSA) is 55.8 Å². The third-order valence-electron chi connectivity index (χ3n) is 4.93. The molecule has 1 unspecified atom stereocenters. The lowest BCUT2D eigenvalue weighted by Crippen LogP contribution is -2.53. The van der Waals surface area contributed by atoms with Crippen LogP contribution >= 0.6 is 0 Å². The predicted molar refractivity (Wildman–Crippen MR) is 105 cm³/mol. The largest absolute Gasteiger partial charge is 0.508 e. The molecule has 27 heavy (non-hydrogen) atoms. The van der Waals surface area contributed by atoms with Crippen molar-refractivity contribution in [2.24, 2.45) is 0 Å². The van der Waals surface area contributed by atoms with Crippen molar-refractivity contribution in [2.75, 3.05) is 31.1 Å². The number of urea groups is 1. The average molecular weight is 371 g/mol. The Morgan fingerprint density at radius 3 is 2.44 bits per heavy atom. The molecule has 2 aromatic rings. The Morgan fingerprint density at radius 2 is 1.78 bits per heavy atom. The van der Waals surface area contributed by atoms with E-state index in [0.717, 1.165) is 18.4 Å². The third kappa shape index (κ3) is 5.12. The van der Waals surface area contributed by atoms with Gasteiger partial charge in [0.15, 0.2) is 0 Å². The van der Waals surface area contributed by atoms with Gasteiger partial charge in [0.1, 0.15) is 11.6 Å². The smallest absolute Gasteiger partial charge is 0.317 e. The molecule has 5 nitrogen and oxygen atoms in total. The minimum atomic E-state index is -0.224. The molecule has 2 amide bonds. The number of phenols is 1. The van der Waals surface area contributed by atoms with Gasteiger partial charge in [0.25, 0.3) is 0 Å². The van der Waals surface area contributed by atoms with E-state index in [9.17, 15) is 14.3 Å². The summed E-state index contributed by atoms with van der Waals surface area (Å²) in [6.45, 7) is 4.39. The minimum Gasteiger partial charge on any atom is -0.508 e. The summed E-state index contributed by atoms with van der Waals surface area (Å²) in [4.78, 5) is 16.2. The summed E-state index contributed by atoms with van der Waals surface area (Å²) in [6, 6.07) is 13.9. The number of benzene rings is 2. The summed E-state index contributed by atoms with van der Waals surface area (Å²) in [5.41, 5.74) is 1.73. The lowest BCUT2D eigenvalue weighted by molar-refractivity contribution is 0.190. The molecule has 0 aliphatic carbocycles. The number of aryl methyl sites for hydroxylation is 1. The van der Waals surface area contributed by atoms with Crippen LogP contribution in [0.15, 0.2) is 48.5 Å². The van der Waals surface area contributed by atoms with E-state index in [4.69, 9.17) is 0 Å². The first-order valence-electron chi connectivity index (χ1n) is 9.36. The van der Waals surface area contributed by atoms with Crippen LogP contribution in [0.4, 0.5) is 14.9 Å². The summed E-state index contributed by atoms with van der Waals surface area (Å²) in [6.07, 6.45) is 1.66. The monoisotopic (exact) mass is 371 g/mol. The molecule has 3 rings (SSSR count). The number of anilines is 1. The fourth-order valence-electron chi connectivity index (χ4n) is 3.28. The van der Waals surface area contributed by atoms with Gasteiger partial charge in [-0.25, -0.2) is 9.18 Å². The van der Waals surface area contributed by atoms with E-state index in [2.05, 4.69) is 5.32 Å². The molecule has 1 fully saturated rings. The number of carbonyl (C=O) groups is 1. The van der Waals surface area contributed by atoms with Gasteiger partial charge < -0.3 is 20.2 Å². The van der Waals surface area contributed by atoms with E-state index in [-0.39, 0.29) is 23.6 Å². The molecule has 0 bridgehead atoms. The van der Waals surface area contributed by atoms with E-state index in [1.54, 1.807) is 29.2 Å². The predicted octanol–water partition coefficient (Wildman–Crippen LogP) is 3.38. The third-order valence-corrected chi connectivity index (χ3v) is 4.93. The number of nitrogens with one attached hydrogen (secondary N) is 1. The van der Waals surface area contributed by atoms with Crippen molar-refractivity contribution in [3.05, 3.63) is 59.9 Å². The molecule has 2 aromatic carbocycles. The zero-order valence-corrected chi connectivity index (χ0v) is 15.6. The van der Waals surface area contributed by atoms with Gasteiger partial charge in [0.2, 0.25) is 0 Å². The molecule has 1 saturated heterocycles. The highest BCUT2D eigenvalue weighted by atomic mass is 19.1. The van der Waals surface area contributed by atoms with Crippen LogP contribution in [0.1, 0.15) is 18.9 Å². The molecule has 0 radical (unpaired) electrons. The molecule has 0 spiro atoms. The molecule has 0 aromatic heterocycles. The number of para-hydroxylation sites is 1.